The second kappa shape index (κ2) is 28.8. The highest BCUT2D eigenvalue weighted by Crippen LogP contribution is 2.16. The summed E-state index contributed by atoms with van der Waals surface area (Å²) < 4.78 is 0. The zero-order valence-corrected chi connectivity index (χ0v) is 35.3. The summed E-state index contributed by atoms with van der Waals surface area (Å²) in [4.78, 5) is 99.5. The molecule has 0 bridgehead atoms. The summed E-state index contributed by atoms with van der Waals surface area (Å²) >= 11 is 5.45. The molecule has 2 atom stereocenters. The molecule has 1 heterocycles. The van der Waals surface area contributed by atoms with Crippen molar-refractivity contribution in [2.75, 3.05) is 96.9 Å². The van der Waals surface area contributed by atoms with Crippen LogP contribution in [0.1, 0.15) is 44.1 Å². The van der Waals surface area contributed by atoms with E-state index in [1.54, 1.807) is 31.7 Å². The molecule has 11 N–H and O–H groups in total. The van der Waals surface area contributed by atoms with E-state index >= 15 is 0 Å². The molecule has 3 amide bonds. The largest absolute Gasteiger partial charge is 0.480 e. The van der Waals surface area contributed by atoms with Crippen LogP contribution in [-0.2, 0) is 40.0 Å². The molecule has 1 aliphatic heterocycles. The highest BCUT2D eigenvalue weighted by Gasteiger charge is 2.28. The van der Waals surface area contributed by atoms with E-state index in [0.717, 1.165) is 24.8 Å². The summed E-state index contributed by atoms with van der Waals surface area (Å²) in [6.45, 7) is 0.238. The molecular formula is C38H59N9O14S. The number of nitrogens with zero attached hydrogens (tertiary/aromatic N) is 4. The third-order valence-electron chi connectivity index (χ3n) is 9.63. The maximum absolute atomic E-state index is 12.2. The third-order valence-corrected chi connectivity index (χ3v) is 9.87. The smallest absolute Gasteiger partial charge is 0.326 e. The molecule has 1 aromatic rings. The lowest BCUT2D eigenvalue weighted by atomic mass is 10.0. The van der Waals surface area contributed by atoms with Crippen molar-refractivity contribution in [2.45, 2.75) is 57.0 Å². The number of unbranched alkanes of at least 4 members (excludes halogenated alkanes) is 3. The van der Waals surface area contributed by atoms with Gasteiger partial charge in [-0.05, 0) is 55.6 Å². The molecule has 346 valence electrons. The van der Waals surface area contributed by atoms with E-state index in [4.69, 9.17) is 17.3 Å². The molecule has 1 aromatic carbocycles. The van der Waals surface area contributed by atoms with Crippen LogP contribution < -0.4 is 26.6 Å². The van der Waals surface area contributed by atoms with Gasteiger partial charge < -0.3 is 57.2 Å². The van der Waals surface area contributed by atoms with Gasteiger partial charge >= 0.3 is 41.8 Å². The lowest BCUT2D eigenvalue weighted by Crippen LogP contribution is -2.53. The van der Waals surface area contributed by atoms with Crippen LogP contribution in [0.4, 0.5) is 10.5 Å². The quantitative estimate of drug-likeness (QED) is 0.0403. The number of carbonyl (C=O) groups excluding carboxylic acids is 2. The van der Waals surface area contributed by atoms with Crippen LogP contribution in [0.5, 0.6) is 0 Å². The average molecular weight is 898 g/mol. The predicted molar refractivity (Wildman–Crippen MR) is 226 cm³/mol. The molecule has 62 heavy (non-hydrogen) atoms. The van der Waals surface area contributed by atoms with Crippen molar-refractivity contribution in [3.63, 3.8) is 0 Å². The number of anilines is 1. The van der Waals surface area contributed by atoms with Crippen LogP contribution in [0.15, 0.2) is 24.3 Å². The van der Waals surface area contributed by atoms with Crippen LogP contribution in [0.2, 0.25) is 0 Å². The van der Waals surface area contributed by atoms with E-state index in [0.29, 0.717) is 36.7 Å². The van der Waals surface area contributed by atoms with Crippen LogP contribution in [0.3, 0.4) is 0 Å². The SMILES string of the molecule is O=C(O)CNC(=O)NC(CCC(=O)NCCCCCCNC(=S)Nc1ccc(CC2CN(CC(=O)O)CCN(CC(=O)O)CCN(CC(=O)O)CCN2CC(=O)O)cc1)C(=O)O. The standard InChI is InChI=1S/C38H59N9O14S/c48-30(10-9-29(36(59)60)43-37(61)41-20-31(49)50)39-11-3-1-2-4-12-40-38(62)42-27-7-5-26(6-8-27)19-28-21-46(24-34(55)56)16-15-44(22-32(51)52)13-14-45(23-33(53)54)17-18-47(28)25-35(57)58/h5-8,28-29H,1-4,9-25H2,(H,39,48)(H,49,50)(H,51,52)(H,53,54)(H,55,56)(H,57,58)(H,59,60)(H2,40,42,62)(H2,41,43,61). The van der Waals surface area contributed by atoms with Gasteiger partial charge in [-0.15, -0.1) is 0 Å². The molecule has 2 unspecified atom stereocenters. The summed E-state index contributed by atoms with van der Waals surface area (Å²) in [6.07, 6.45) is 3.10. The van der Waals surface area contributed by atoms with Crippen molar-refractivity contribution >= 4 is 70.8 Å². The van der Waals surface area contributed by atoms with Gasteiger partial charge in [-0.2, -0.15) is 0 Å². The van der Waals surface area contributed by atoms with Gasteiger partial charge in [0.25, 0.3) is 0 Å². The number of carboxylic acids is 6. The molecule has 1 aliphatic rings. The highest BCUT2D eigenvalue weighted by molar-refractivity contribution is 7.80. The second-order valence-electron chi connectivity index (χ2n) is 14.7. The maximum Gasteiger partial charge on any atom is 0.326 e. The molecule has 0 radical (unpaired) electrons. The van der Waals surface area contributed by atoms with E-state index in [9.17, 15) is 63.9 Å². The molecule has 0 aromatic heterocycles. The first-order valence-corrected chi connectivity index (χ1v) is 20.5. The minimum absolute atomic E-state index is 0.150. The van der Waals surface area contributed by atoms with Gasteiger partial charge in [0.05, 0.1) is 26.2 Å². The molecule has 24 heteroatoms. The molecule has 1 saturated heterocycles. The Morgan fingerprint density at radius 1 is 0.629 bits per heavy atom. The minimum Gasteiger partial charge on any atom is -0.480 e. The van der Waals surface area contributed by atoms with Gasteiger partial charge in [-0.3, -0.25) is 48.4 Å². The third kappa shape index (κ3) is 23.9. The number of benzene rings is 1. The monoisotopic (exact) mass is 897 g/mol. The molecule has 1 fully saturated rings. The van der Waals surface area contributed by atoms with E-state index in [2.05, 4.69) is 21.3 Å². The number of nitrogens with one attached hydrogen (secondary N) is 5. The number of amides is 3. The Morgan fingerprint density at radius 2 is 1.15 bits per heavy atom. The Morgan fingerprint density at radius 3 is 1.68 bits per heavy atom. The van der Waals surface area contributed by atoms with E-state index in [-0.39, 0.29) is 90.7 Å². The normalized spacial score (nSPS) is 16.4. The lowest BCUT2D eigenvalue weighted by molar-refractivity contribution is -0.142. The first kappa shape index (κ1) is 52.4. The topological polar surface area (TPSA) is 331 Å². The Hall–Kier alpha value is -5.69. The molecule has 0 aliphatic carbocycles. The number of thiocarbonyl (C=S) groups is 1. The van der Waals surface area contributed by atoms with E-state index in [1.807, 2.05) is 17.4 Å². The van der Waals surface area contributed by atoms with Crippen LogP contribution in [0, 0.1) is 0 Å². The summed E-state index contributed by atoms with van der Waals surface area (Å²) in [5, 5.41) is 69.8. The molecule has 2 rings (SSSR count). The fraction of sp³-hybridized carbons (Fsp3) is 0.605. The van der Waals surface area contributed by atoms with Crippen molar-refractivity contribution in [3.8, 4) is 0 Å². The summed E-state index contributed by atoms with van der Waals surface area (Å²) in [5.41, 5.74) is 1.51. The number of carboxylic acid groups (broad SMARTS) is 6. The number of hydrogen-bond donors (Lipinski definition) is 11. The molecule has 0 saturated carbocycles. The lowest BCUT2D eigenvalue weighted by Gasteiger charge is -2.37. The van der Waals surface area contributed by atoms with Crippen LogP contribution >= 0.6 is 12.2 Å². The van der Waals surface area contributed by atoms with E-state index in [1.165, 1.54) is 0 Å². The van der Waals surface area contributed by atoms with Gasteiger partial charge in [0.15, 0.2) is 5.11 Å². The van der Waals surface area contributed by atoms with Gasteiger partial charge in [0.1, 0.15) is 12.6 Å². The first-order valence-electron chi connectivity index (χ1n) is 20.1. The van der Waals surface area contributed by atoms with E-state index < -0.39 is 60.5 Å². The Balaban J connectivity index is 1.89. The van der Waals surface area contributed by atoms with Gasteiger partial charge in [0.2, 0.25) is 5.91 Å². The fourth-order valence-electron chi connectivity index (χ4n) is 6.55. The Bertz CT molecular complexity index is 1670. The molecule has 0 spiro atoms. The Kier molecular flexibility index (Phi) is 24.3. The zero-order chi connectivity index (χ0) is 46.0. The average Bonchev–Trinajstić information content (AvgIpc) is 3.18. The maximum atomic E-state index is 12.2. The van der Waals surface area contributed by atoms with Crippen LogP contribution in [0.25, 0.3) is 0 Å². The van der Waals surface area contributed by atoms with Crippen molar-refractivity contribution < 1.29 is 69.0 Å². The number of hydrogen-bond acceptors (Lipinski definition) is 13. The summed E-state index contributed by atoms with van der Waals surface area (Å²) in [5.74, 6) is -7.38. The highest BCUT2D eigenvalue weighted by atomic mass is 32.1. The van der Waals surface area contributed by atoms with Crippen molar-refractivity contribution in [1.82, 2.24) is 40.9 Å². The second-order valence-corrected chi connectivity index (χ2v) is 15.1. The van der Waals surface area contributed by atoms with Gasteiger partial charge in [-0.25, -0.2) is 9.59 Å². The van der Waals surface area contributed by atoms with Gasteiger partial charge in [0, 0.05) is 77.1 Å². The zero-order valence-electron chi connectivity index (χ0n) is 34.5. The first-order chi connectivity index (χ1) is 29.4. The number of urea groups is 1. The number of carbonyl (C=O) groups is 8. The van der Waals surface area contributed by atoms with Crippen LogP contribution in [-0.4, -0.2) is 207 Å². The minimum atomic E-state index is -1.36. The fourth-order valence-corrected chi connectivity index (χ4v) is 6.77. The van der Waals surface area contributed by atoms with Gasteiger partial charge in [-0.1, -0.05) is 25.0 Å². The van der Waals surface area contributed by atoms with Crippen molar-refractivity contribution in [1.29, 1.82) is 0 Å². The molecular weight excluding hydrogens is 839 g/mol. The van der Waals surface area contributed by atoms with Crippen molar-refractivity contribution in [3.05, 3.63) is 29.8 Å². The predicted octanol–water partition coefficient (Wildman–Crippen LogP) is -1.26. The number of rotatable bonds is 25. The Labute approximate surface area is 363 Å². The summed E-state index contributed by atoms with van der Waals surface area (Å²) in [6, 6.07) is 4.46. The number of aliphatic carboxylic acids is 6. The summed E-state index contributed by atoms with van der Waals surface area (Å²) in [7, 11) is 0. The van der Waals surface area contributed by atoms with Crippen molar-refractivity contribution in [2.24, 2.45) is 0 Å². The molecule has 23 nitrogen and oxygen atoms in total.